The summed E-state index contributed by atoms with van der Waals surface area (Å²) in [4.78, 5) is 0.949. The molecule has 0 aliphatic heterocycles. The van der Waals surface area contributed by atoms with E-state index in [0.717, 1.165) is 36.1 Å². The molecule has 1 nitrogen and oxygen atoms in total. The summed E-state index contributed by atoms with van der Waals surface area (Å²) < 4.78 is 0. The number of hydrogen-bond acceptors (Lipinski definition) is 2. The molecule has 2 rings (SSSR count). The zero-order valence-corrected chi connectivity index (χ0v) is 8.43. The molecule has 0 unspecified atom stereocenters. The number of aliphatic hydroxyl groups is 1. The summed E-state index contributed by atoms with van der Waals surface area (Å²) in [6.45, 7) is 0. The summed E-state index contributed by atoms with van der Waals surface area (Å²) in [5, 5.41) is 10.2. The van der Waals surface area contributed by atoms with Crippen molar-refractivity contribution in [1.82, 2.24) is 0 Å². The van der Waals surface area contributed by atoms with E-state index >= 15 is 0 Å². The number of hydrogen-bond donors (Lipinski definition) is 2. The van der Waals surface area contributed by atoms with Crippen LogP contribution in [0.2, 0.25) is 0 Å². The molecule has 2 heteroatoms. The van der Waals surface area contributed by atoms with Crippen molar-refractivity contribution >= 4 is 12.6 Å². The van der Waals surface area contributed by atoms with Crippen LogP contribution in [0.5, 0.6) is 0 Å². The third-order valence-corrected chi connectivity index (χ3v) is 3.13. The molecule has 1 aliphatic carbocycles. The van der Waals surface area contributed by atoms with Gasteiger partial charge in [0.05, 0.1) is 5.60 Å². The maximum atomic E-state index is 10.2. The Labute approximate surface area is 84.2 Å². The van der Waals surface area contributed by atoms with Crippen molar-refractivity contribution < 1.29 is 5.11 Å². The molecular weight excluding hydrogens is 180 g/mol. The standard InChI is InChI=1S/C11H14OS/c12-11(7-1-2-8-11)9-3-5-10(13)6-4-9/h3-6,12-13H,1-2,7-8H2. The van der Waals surface area contributed by atoms with E-state index in [1.807, 2.05) is 24.3 Å². The molecule has 1 aromatic carbocycles. The summed E-state index contributed by atoms with van der Waals surface area (Å²) >= 11 is 4.22. The van der Waals surface area contributed by atoms with Crippen LogP contribution in [0.25, 0.3) is 0 Å². The van der Waals surface area contributed by atoms with Gasteiger partial charge < -0.3 is 5.11 Å². The van der Waals surface area contributed by atoms with Crippen LogP contribution >= 0.6 is 12.6 Å². The quantitative estimate of drug-likeness (QED) is 0.659. The SMILES string of the molecule is OC1(c2ccc(S)cc2)CCCC1. The van der Waals surface area contributed by atoms with Crippen molar-refractivity contribution in [3.05, 3.63) is 29.8 Å². The first kappa shape index (κ1) is 9.10. The first-order chi connectivity index (χ1) is 6.21. The lowest BCUT2D eigenvalue weighted by Crippen LogP contribution is -2.20. The van der Waals surface area contributed by atoms with Crippen molar-refractivity contribution in [1.29, 1.82) is 0 Å². The molecule has 1 aliphatic rings. The number of rotatable bonds is 1. The highest BCUT2D eigenvalue weighted by Crippen LogP contribution is 2.38. The van der Waals surface area contributed by atoms with Gasteiger partial charge in [-0.05, 0) is 30.5 Å². The van der Waals surface area contributed by atoms with Crippen LogP contribution in [0.4, 0.5) is 0 Å². The lowest BCUT2D eigenvalue weighted by Gasteiger charge is -2.22. The predicted molar refractivity (Wildman–Crippen MR) is 56.1 cm³/mol. The topological polar surface area (TPSA) is 20.2 Å². The largest absolute Gasteiger partial charge is 0.385 e. The van der Waals surface area contributed by atoms with Gasteiger partial charge in [0, 0.05) is 4.90 Å². The van der Waals surface area contributed by atoms with Crippen molar-refractivity contribution in [3.8, 4) is 0 Å². The summed E-state index contributed by atoms with van der Waals surface area (Å²) in [5.74, 6) is 0. The van der Waals surface area contributed by atoms with E-state index in [1.54, 1.807) is 0 Å². The predicted octanol–water partition coefficient (Wildman–Crippen LogP) is 2.74. The minimum Gasteiger partial charge on any atom is -0.385 e. The van der Waals surface area contributed by atoms with Crippen molar-refractivity contribution in [3.63, 3.8) is 0 Å². The maximum absolute atomic E-state index is 10.2. The van der Waals surface area contributed by atoms with Crippen LogP contribution in [0.1, 0.15) is 31.2 Å². The van der Waals surface area contributed by atoms with Crippen molar-refractivity contribution in [2.24, 2.45) is 0 Å². The Morgan fingerprint density at radius 3 is 2.15 bits per heavy atom. The van der Waals surface area contributed by atoms with Crippen LogP contribution in [-0.4, -0.2) is 5.11 Å². The molecule has 0 atom stereocenters. The second kappa shape index (κ2) is 3.35. The molecule has 0 aromatic heterocycles. The molecule has 0 bridgehead atoms. The molecule has 0 radical (unpaired) electrons. The molecule has 0 heterocycles. The van der Waals surface area contributed by atoms with Gasteiger partial charge in [0.15, 0.2) is 0 Å². The molecular formula is C11H14OS. The van der Waals surface area contributed by atoms with Crippen LogP contribution in [0.15, 0.2) is 29.2 Å². The Bertz CT molecular complexity index is 285. The Morgan fingerprint density at radius 2 is 1.62 bits per heavy atom. The fourth-order valence-corrected chi connectivity index (χ4v) is 2.17. The van der Waals surface area contributed by atoms with E-state index in [2.05, 4.69) is 12.6 Å². The zero-order valence-electron chi connectivity index (χ0n) is 7.53. The van der Waals surface area contributed by atoms with Crippen LogP contribution in [0, 0.1) is 0 Å². The van der Waals surface area contributed by atoms with E-state index in [9.17, 15) is 5.11 Å². The zero-order chi connectivity index (χ0) is 9.31. The van der Waals surface area contributed by atoms with E-state index in [1.165, 1.54) is 0 Å². The van der Waals surface area contributed by atoms with Gasteiger partial charge in [0.1, 0.15) is 0 Å². The van der Waals surface area contributed by atoms with E-state index < -0.39 is 5.60 Å². The molecule has 1 fully saturated rings. The van der Waals surface area contributed by atoms with Gasteiger partial charge in [-0.15, -0.1) is 12.6 Å². The Hall–Kier alpha value is -0.470. The van der Waals surface area contributed by atoms with Gasteiger partial charge in [-0.1, -0.05) is 25.0 Å². The normalized spacial score (nSPS) is 20.5. The smallest absolute Gasteiger partial charge is 0.0896 e. The summed E-state index contributed by atoms with van der Waals surface area (Å²) in [7, 11) is 0. The highest BCUT2D eigenvalue weighted by atomic mass is 32.1. The van der Waals surface area contributed by atoms with Crippen LogP contribution in [0.3, 0.4) is 0 Å². The number of thiol groups is 1. The van der Waals surface area contributed by atoms with E-state index in [4.69, 9.17) is 0 Å². The second-order valence-corrected chi connectivity index (χ2v) is 4.30. The molecule has 1 N–H and O–H groups in total. The van der Waals surface area contributed by atoms with E-state index in [-0.39, 0.29) is 0 Å². The lowest BCUT2D eigenvalue weighted by atomic mass is 9.92. The van der Waals surface area contributed by atoms with Gasteiger partial charge in [-0.2, -0.15) is 0 Å². The summed E-state index contributed by atoms with van der Waals surface area (Å²) in [6, 6.07) is 7.84. The Kier molecular flexibility index (Phi) is 2.35. The Balaban J connectivity index is 2.29. The fraction of sp³-hybridized carbons (Fsp3) is 0.455. The molecule has 1 saturated carbocycles. The van der Waals surface area contributed by atoms with Gasteiger partial charge in [0.25, 0.3) is 0 Å². The second-order valence-electron chi connectivity index (χ2n) is 3.79. The summed E-state index contributed by atoms with van der Waals surface area (Å²) in [5.41, 5.74) is 0.490. The van der Waals surface area contributed by atoms with Gasteiger partial charge in [0.2, 0.25) is 0 Å². The Morgan fingerprint density at radius 1 is 1.08 bits per heavy atom. The van der Waals surface area contributed by atoms with Crippen LogP contribution < -0.4 is 0 Å². The molecule has 0 spiro atoms. The van der Waals surface area contributed by atoms with E-state index in [0.29, 0.717) is 0 Å². The molecule has 0 amide bonds. The lowest BCUT2D eigenvalue weighted by molar-refractivity contribution is 0.0444. The molecule has 70 valence electrons. The van der Waals surface area contributed by atoms with Crippen molar-refractivity contribution in [2.45, 2.75) is 36.2 Å². The molecule has 1 aromatic rings. The average Bonchev–Trinajstić information content (AvgIpc) is 2.54. The highest BCUT2D eigenvalue weighted by Gasteiger charge is 2.32. The molecule has 13 heavy (non-hydrogen) atoms. The minimum absolute atomic E-state index is 0.554. The van der Waals surface area contributed by atoms with Gasteiger partial charge in [-0.3, -0.25) is 0 Å². The average molecular weight is 194 g/mol. The monoisotopic (exact) mass is 194 g/mol. The first-order valence-corrected chi connectivity index (χ1v) is 5.17. The highest BCUT2D eigenvalue weighted by molar-refractivity contribution is 7.80. The maximum Gasteiger partial charge on any atom is 0.0896 e. The van der Waals surface area contributed by atoms with Crippen LogP contribution in [-0.2, 0) is 5.60 Å². The third kappa shape index (κ3) is 1.74. The number of benzene rings is 1. The molecule has 0 saturated heterocycles. The van der Waals surface area contributed by atoms with Crippen molar-refractivity contribution in [2.75, 3.05) is 0 Å². The first-order valence-electron chi connectivity index (χ1n) is 4.73. The fourth-order valence-electron chi connectivity index (χ4n) is 2.02. The van der Waals surface area contributed by atoms with Gasteiger partial charge >= 0.3 is 0 Å². The third-order valence-electron chi connectivity index (χ3n) is 2.84. The van der Waals surface area contributed by atoms with Gasteiger partial charge in [-0.25, -0.2) is 0 Å². The minimum atomic E-state index is -0.554. The summed E-state index contributed by atoms with van der Waals surface area (Å²) in [6.07, 6.45) is 4.08.